The Morgan fingerprint density at radius 2 is 1.96 bits per heavy atom. The van der Waals surface area contributed by atoms with E-state index in [-0.39, 0.29) is 5.91 Å². The van der Waals surface area contributed by atoms with Gasteiger partial charge in [0.2, 0.25) is 0 Å². The lowest BCUT2D eigenvalue weighted by molar-refractivity contribution is 0.102. The van der Waals surface area contributed by atoms with Crippen molar-refractivity contribution in [3.63, 3.8) is 0 Å². The van der Waals surface area contributed by atoms with Gasteiger partial charge in [0.15, 0.2) is 0 Å². The molecule has 0 unspecified atom stereocenters. The number of hydrogen-bond donors (Lipinski definition) is 1. The van der Waals surface area contributed by atoms with Gasteiger partial charge in [0.25, 0.3) is 5.91 Å². The summed E-state index contributed by atoms with van der Waals surface area (Å²) in [5.41, 5.74) is 3.56. The zero-order valence-corrected chi connectivity index (χ0v) is 14.0. The maximum absolute atomic E-state index is 12.6. The number of carbonyl (C=O) groups is 1. The van der Waals surface area contributed by atoms with Gasteiger partial charge in [-0.2, -0.15) is 5.26 Å². The zero-order chi connectivity index (χ0) is 17.8. The topological polar surface area (TPSA) is 75.0 Å². The predicted octanol–water partition coefficient (Wildman–Crippen LogP) is 3.87. The van der Waals surface area contributed by atoms with Gasteiger partial charge in [0.05, 0.1) is 36.4 Å². The number of hydrogen-bond acceptors (Lipinski definition) is 4. The minimum Gasteiger partial charge on any atom is -0.497 e. The molecule has 0 saturated heterocycles. The Kier molecular flexibility index (Phi) is 4.62. The van der Waals surface area contributed by atoms with E-state index < -0.39 is 0 Å². The lowest BCUT2D eigenvalue weighted by atomic mass is 10.1. The van der Waals surface area contributed by atoms with Crippen molar-refractivity contribution in [1.82, 2.24) is 4.98 Å². The minimum atomic E-state index is -0.212. The van der Waals surface area contributed by atoms with Gasteiger partial charge in [0, 0.05) is 17.1 Å². The smallest absolute Gasteiger partial charge is 0.257 e. The van der Waals surface area contributed by atoms with Gasteiger partial charge in [-0.1, -0.05) is 12.1 Å². The van der Waals surface area contributed by atoms with Crippen molar-refractivity contribution in [2.75, 3.05) is 12.4 Å². The van der Waals surface area contributed by atoms with Crippen LogP contribution in [0.4, 0.5) is 5.69 Å². The molecule has 1 N–H and O–H groups in total. The van der Waals surface area contributed by atoms with Gasteiger partial charge in [-0.15, -0.1) is 0 Å². The van der Waals surface area contributed by atoms with Crippen molar-refractivity contribution in [2.24, 2.45) is 0 Å². The number of rotatable bonds is 4. The van der Waals surface area contributed by atoms with Gasteiger partial charge in [-0.05, 0) is 42.8 Å². The second-order valence-electron chi connectivity index (χ2n) is 5.67. The highest BCUT2D eigenvalue weighted by Crippen LogP contribution is 2.22. The highest BCUT2D eigenvalue weighted by atomic mass is 16.5. The average molecular weight is 331 g/mol. The molecule has 0 spiro atoms. The summed E-state index contributed by atoms with van der Waals surface area (Å²) < 4.78 is 5.21. The van der Waals surface area contributed by atoms with Crippen LogP contribution in [0.5, 0.6) is 5.75 Å². The molecule has 1 aromatic heterocycles. The first-order valence-electron chi connectivity index (χ1n) is 7.83. The Labute approximate surface area is 145 Å². The van der Waals surface area contributed by atoms with E-state index in [0.29, 0.717) is 23.4 Å². The highest BCUT2D eigenvalue weighted by Gasteiger charge is 2.12. The average Bonchev–Trinajstić information content (AvgIpc) is 2.62. The standard InChI is InChI=1S/C20H17N3O2/c1-13-18(11-15-5-8-17(25-2)12-19(15)22-13)20(24)23-16-6-3-14(4-7-16)9-10-21/h3-8,11-12H,9H2,1-2H3,(H,23,24). The number of carbonyl (C=O) groups excluding carboxylic acids is 1. The number of amides is 1. The van der Waals surface area contributed by atoms with Crippen LogP contribution in [0.3, 0.4) is 0 Å². The largest absolute Gasteiger partial charge is 0.497 e. The summed E-state index contributed by atoms with van der Waals surface area (Å²) in [4.78, 5) is 17.1. The summed E-state index contributed by atoms with van der Waals surface area (Å²) in [6.07, 6.45) is 0.353. The molecule has 0 atom stereocenters. The van der Waals surface area contributed by atoms with Crippen molar-refractivity contribution >= 4 is 22.5 Å². The number of fused-ring (bicyclic) bond motifs is 1. The SMILES string of the molecule is COc1ccc2cc(C(=O)Nc3ccc(CC#N)cc3)c(C)nc2c1. The summed E-state index contributed by atoms with van der Waals surface area (Å²) in [7, 11) is 1.61. The molecule has 1 amide bonds. The number of anilines is 1. The molecule has 0 aliphatic heterocycles. The first-order valence-corrected chi connectivity index (χ1v) is 7.83. The van der Waals surface area contributed by atoms with E-state index in [1.54, 1.807) is 19.2 Å². The van der Waals surface area contributed by atoms with Gasteiger partial charge in [0.1, 0.15) is 5.75 Å². The third-order valence-corrected chi connectivity index (χ3v) is 3.95. The van der Waals surface area contributed by atoms with Crippen molar-refractivity contribution in [3.8, 4) is 11.8 Å². The molecule has 0 fully saturated rings. The number of nitrogens with one attached hydrogen (secondary N) is 1. The van der Waals surface area contributed by atoms with Crippen molar-refractivity contribution in [1.29, 1.82) is 5.26 Å². The molecule has 3 aromatic rings. The number of nitrogens with zero attached hydrogens (tertiary/aromatic N) is 2. The molecular weight excluding hydrogens is 314 g/mol. The third-order valence-electron chi connectivity index (χ3n) is 3.95. The molecule has 2 aromatic carbocycles. The lowest BCUT2D eigenvalue weighted by Gasteiger charge is -2.10. The molecular formula is C20H17N3O2. The Morgan fingerprint density at radius 3 is 2.64 bits per heavy atom. The second kappa shape index (κ2) is 7.02. The Balaban J connectivity index is 1.86. The van der Waals surface area contributed by atoms with Crippen molar-refractivity contribution in [2.45, 2.75) is 13.3 Å². The van der Waals surface area contributed by atoms with Crippen LogP contribution >= 0.6 is 0 Å². The van der Waals surface area contributed by atoms with Gasteiger partial charge in [-0.3, -0.25) is 9.78 Å². The van der Waals surface area contributed by atoms with Crippen LogP contribution in [0.15, 0.2) is 48.5 Å². The van der Waals surface area contributed by atoms with E-state index in [1.807, 2.05) is 43.3 Å². The molecule has 3 rings (SSSR count). The molecule has 0 aliphatic rings. The number of nitriles is 1. The van der Waals surface area contributed by atoms with E-state index in [1.165, 1.54) is 0 Å². The number of aryl methyl sites for hydroxylation is 1. The van der Waals surface area contributed by atoms with E-state index in [4.69, 9.17) is 10.00 Å². The normalized spacial score (nSPS) is 10.3. The molecule has 1 heterocycles. The summed E-state index contributed by atoms with van der Waals surface area (Å²) >= 11 is 0. The molecule has 0 bridgehead atoms. The lowest BCUT2D eigenvalue weighted by Crippen LogP contribution is -2.14. The Morgan fingerprint density at radius 1 is 1.20 bits per heavy atom. The van der Waals surface area contributed by atoms with Crippen molar-refractivity contribution in [3.05, 3.63) is 65.4 Å². The van der Waals surface area contributed by atoms with Crippen LogP contribution in [0, 0.1) is 18.3 Å². The fourth-order valence-corrected chi connectivity index (χ4v) is 2.60. The molecule has 5 heteroatoms. The number of pyridine rings is 1. The number of methoxy groups -OCH3 is 1. The van der Waals surface area contributed by atoms with Crippen LogP contribution in [-0.4, -0.2) is 18.0 Å². The zero-order valence-electron chi connectivity index (χ0n) is 14.0. The summed E-state index contributed by atoms with van der Waals surface area (Å²) in [5, 5.41) is 12.4. The molecule has 25 heavy (non-hydrogen) atoms. The fourth-order valence-electron chi connectivity index (χ4n) is 2.60. The number of ether oxygens (including phenoxy) is 1. The molecule has 124 valence electrons. The molecule has 0 saturated carbocycles. The van der Waals surface area contributed by atoms with E-state index in [2.05, 4.69) is 16.4 Å². The maximum atomic E-state index is 12.6. The monoisotopic (exact) mass is 331 g/mol. The first kappa shape index (κ1) is 16.5. The second-order valence-corrected chi connectivity index (χ2v) is 5.67. The molecule has 5 nitrogen and oxygen atoms in total. The Bertz CT molecular complexity index is 973. The number of aromatic nitrogens is 1. The quantitative estimate of drug-likeness (QED) is 0.787. The number of benzene rings is 2. The van der Waals surface area contributed by atoms with Crippen LogP contribution in [0.1, 0.15) is 21.6 Å². The highest BCUT2D eigenvalue weighted by molar-refractivity contribution is 6.06. The summed E-state index contributed by atoms with van der Waals surface area (Å²) in [5.74, 6) is 0.518. The van der Waals surface area contributed by atoms with Crippen LogP contribution in [0.2, 0.25) is 0 Å². The first-order chi connectivity index (χ1) is 12.1. The van der Waals surface area contributed by atoms with Gasteiger partial charge >= 0.3 is 0 Å². The van der Waals surface area contributed by atoms with Gasteiger partial charge < -0.3 is 10.1 Å². The van der Waals surface area contributed by atoms with E-state index in [9.17, 15) is 4.79 Å². The van der Waals surface area contributed by atoms with E-state index in [0.717, 1.165) is 22.2 Å². The van der Waals surface area contributed by atoms with E-state index >= 15 is 0 Å². The maximum Gasteiger partial charge on any atom is 0.257 e. The predicted molar refractivity (Wildman–Crippen MR) is 96.7 cm³/mol. The minimum absolute atomic E-state index is 0.212. The van der Waals surface area contributed by atoms with Crippen LogP contribution in [0.25, 0.3) is 10.9 Å². The van der Waals surface area contributed by atoms with Crippen LogP contribution in [-0.2, 0) is 6.42 Å². The Hall–Kier alpha value is -3.39. The fraction of sp³-hybridized carbons (Fsp3) is 0.150. The van der Waals surface area contributed by atoms with Gasteiger partial charge in [-0.25, -0.2) is 0 Å². The third kappa shape index (κ3) is 3.59. The molecule has 0 aliphatic carbocycles. The molecule has 0 radical (unpaired) electrons. The van der Waals surface area contributed by atoms with Crippen LogP contribution < -0.4 is 10.1 Å². The summed E-state index contributed by atoms with van der Waals surface area (Å²) in [6, 6.07) is 16.7. The summed E-state index contributed by atoms with van der Waals surface area (Å²) in [6.45, 7) is 1.81. The van der Waals surface area contributed by atoms with Crippen molar-refractivity contribution < 1.29 is 9.53 Å².